The predicted molar refractivity (Wildman–Crippen MR) is 89.5 cm³/mol. The number of alkyl carbamates (subject to hydrolysis) is 1. The summed E-state index contributed by atoms with van der Waals surface area (Å²) in [6, 6.07) is 5.63. The van der Waals surface area contributed by atoms with E-state index in [-0.39, 0.29) is 0 Å². The molecule has 0 bridgehead atoms. The van der Waals surface area contributed by atoms with E-state index in [0.717, 1.165) is 16.8 Å². The third-order valence-corrected chi connectivity index (χ3v) is 3.14. The summed E-state index contributed by atoms with van der Waals surface area (Å²) in [5, 5.41) is 2.70. The minimum absolute atomic E-state index is 0.413. The lowest BCUT2D eigenvalue weighted by Gasteiger charge is -2.19. The zero-order chi connectivity index (χ0) is 17.0. The van der Waals surface area contributed by atoms with E-state index in [4.69, 9.17) is 15.2 Å². The van der Waals surface area contributed by atoms with Crippen LogP contribution in [0.4, 0.5) is 10.7 Å². The fourth-order valence-corrected chi connectivity index (χ4v) is 2.04. The first kappa shape index (κ1) is 16.9. The number of nitrogens with one attached hydrogen (secondary N) is 1. The molecule has 1 heterocycles. The number of ether oxygens (including phenoxy) is 2. The Labute approximate surface area is 135 Å². The average Bonchev–Trinajstić information content (AvgIpc) is 2.72. The third-order valence-electron chi connectivity index (χ3n) is 3.14. The number of fused-ring (bicyclic) bond motifs is 1. The van der Waals surface area contributed by atoms with Crippen molar-refractivity contribution in [1.82, 2.24) is 14.9 Å². The van der Waals surface area contributed by atoms with Crippen LogP contribution < -0.4 is 15.8 Å². The van der Waals surface area contributed by atoms with Crippen LogP contribution >= 0.6 is 0 Å². The summed E-state index contributed by atoms with van der Waals surface area (Å²) in [4.78, 5) is 15.7. The maximum absolute atomic E-state index is 11.5. The van der Waals surface area contributed by atoms with Gasteiger partial charge in [0.05, 0.1) is 17.6 Å². The summed E-state index contributed by atoms with van der Waals surface area (Å²) >= 11 is 0. The smallest absolute Gasteiger partial charge is 0.407 e. The molecule has 0 aliphatic carbocycles. The topological polar surface area (TPSA) is 91.4 Å². The van der Waals surface area contributed by atoms with Crippen molar-refractivity contribution in [1.29, 1.82) is 0 Å². The Bertz CT molecular complexity index is 688. The number of hydrogen-bond donors (Lipinski definition) is 2. The number of carbonyl (C=O) groups is 1. The van der Waals surface area contributed by atoms with Crippen molar-refractivity contribution < 1.29 is 14.3 Å². The number of benzene rings is 1. The standard InChI is InChI=1S/C16H24N4O3/c1-16(2,3)23-15(21)18-8-5-9-22-11-6-7-12-13(10-11)20(4)14(17)19-12/h6-7,10H,5,8-9H2,1-4H3,(H2,17,19)(H,18,21). The van der Waals surface area contributed by atoms with Crippen LogP contribution in [-0.4, -0.2) is 34.4 Å². The van der Waals surface area contributed by atoms with Gasteiger partial charge in [0.1, 0.15) is 11.4 Å². The average molecular weight is 320 g/mol. The van der Waals surface area contributed by atoms with Crippen LogP contribution in [0.25, 0.3) is 11.0 Å². The fourth-order valence-electron chi connectivity index (χ4n) is 2.04. The molecule has 0 fully saturated rings. The van der Waals surface area contributed by atoms with Crippen LogP contribution in [-0.2, 0) is 11.8 Å². The molecule has 0 radical (unpaired) electrons. The number of nitrogens with zero attached hydrogens (tertiary/aromatic N) is 2. The number of imidazole rings is 1. The van der Waals surface area contributed by atoms with Gasteiger partial charge in [-0.25, -0.2) is 9.78 Å². The Morgan fingerprint density at radius 1 is 1.39 bits per heavy atom. The Kier molecular flexibility index (Phi) is 4.98. The number of nitrogen functional groups attached to an aromatic ring is 1. The van der Waals surface area contributed by atoms with E-state index < -0.39 is 11.7 Å². The van der Waals surface area contributed by atoms with E-state index >= 15 is 0 Å². The first-order valence-electron chi connectivity index (χ1n) is 7.58. The fraction of sp³-hybridized carbons (Fsp3) is 0.500. The van der Waals surface area contributed by atoms with E-state index in [1.807, 2.05) is 50.6 Å². The number of carbonyl (C=O) groups excluding carboxylic acids is 1. The molecule has 126 valence electrons. The van der Waals surface area contributed by atoms with E-state index in [2.05, 4.69) is 10.3 Å². The van der Waals surface area contributed by atoms with Gasteiger partial charge in [-0.05, 0) is 39.3 Å². The summed E-state index contributed by atoms with van der Waals surface area (Å²) < 4.78 is 12.7. The Balaban J connectivity index is 1.76. The highest BCUT2D eigenvalue weighted by Gasteiger charge is 2.15. The van der Waals surface area contributed by atoms with Crippen LogP contribution in [0, 0.1) is 0 Å². The van der Waals surface area contributed by atoms with E-state index in [1.54, 1.807) is 0 Å². The van der Waals surface area contributed by atoms with Gasteiger partial charge in [-0.2, -0.15) is 0 Å². The highest BCUT2D eigenvalue weighted by Crippen LogP contribution is 2.22. The van der Waals surface area contributed by atoms with Crippen molar-refractivity contribution >= 4 is 23.1 Å². The summed E-state index contributed by atoms with van der Waals surface area (Å²) in [5.74, 6) is 1.22. The molecule has 2 aromatic rings. The quantitative estimate of drug-likeness (QED) is 0.826. The number of amides is 1. The SMILES string of the molecule is Cn1c(N)nc2ccc(OCCCNC(=O)OC(C)(C)C)cc21. The number of nitrogens with two attached hydrogens (primary N) is 1. The summed E-state index contributed by atoms with van der Waals surface area (Å²) in [6.45, 7) is 6.48. The lowest BCUT2D eigenvalue weighted by molar-refractivity contribution is 0.0525. The highest BCUT2D eigenvalue weighted by molar-refractivity contribution is 5.79. The van der Waals surface area contributed by atoms with Gasteiger partial charge in [0.2, 0.25) is 5.95 Å². The predicted octanol–water partition coefficient (Wildman–Crippen LogP) is 2.45. The maximum Gasteiger partial charge on any atom is 0.407 e. The monoisotopic (exact) mass is 320 g/mol. The Morgan fingerprint density at radius 2 is 2.13 bits per heavy atom. The van der Waals surface area contributed by atoms with Gasteiger partial charge >= 0.3 is 6.09 Å². The lowest BCUT2D eigenvalue weighted by Crippen LogP contribution is -2.33. The molecule has 7 heteroatoms. The molecule has 0 saturated heterocycles. The van der Waals surface area contributed by atoms with Gasteiger partial charge in [0.15, 0.2) is 0 Å². The van der Waals surface area contributed by atoms with Crippen LogP contribution in [0.1, 0.15) is 27.2 Å². The molecular formula is C16H24N4O3. The highest BCUT2D eigenvalue weighted by atomic mass is 16.6. The molecule has 7 nitrogen and oxygen atoms in total. The summed E-state index contributed by atoms with van der Waals surface area (Å²) in [7, 11) is 1.86. The van der Waals surface area contributed by atoms with Crippen LogP contribution in [0.2, 0.25) is 0 Å². The zero-order valence-electron chi connectivity index (χ0n) is 14.0. The molecule has 1 amide bonds. The largest absolute Gasteiger partial charge is 0.493 e. The second-order valence-electron chi connectivity index (χ2n) is 6.31. The Hall–Kier alpha value is -2.44. The maximum atomic E-state index is 11.5. The Morgan fingerprint density at radius 3 is 2.83 bits per heavy atom. The lowest BCUT2D eigenvalue weighted by atomic mass is 10.2. The molecule has 0 aliphatic heterocycles. The van der Waals surface area contributed by atoms with Crippen LogP contribution in [0.3, 0.4) is 0 Å². The normalized spacial score (nSPS) is 11.5. The van der Waals surface area contributed by atoms with E-state index in [0.29, 0.717) is 25.5 Å². The van der Waals surface area contributed by atoms with Crippen molar-refractivity contribution in [2.75, 3.05) is 18.9 Å². The van der Waals surface area contributed by atoms with Crippen molar-refractivity contribution in [2.45, 2.75) is 32.8 Å². The number of rotatable bonds is 5. The molecule has 0 spiro atoms. The van der Waals surface area contributed by atoms with Crippen LogP contribution in [0.15, 0.2) is 18.2 Å². The van der Waals surface area contributed by atoms with Gasteiger partial charge in [-0.1, -0.05) is 0 Å². The van der Waals surface area contributed by atoms with Crippen molar-refractivity contribution in [3.05, 3.63) is 18.2 Å². The second kappa shape index (κ2) is 6.76. The van der Waals surface area contributed by atoms with Crippen molar-refractivity contribution in [3.63, 3.8) is 0 Å². The summed E-state index contributed by atoms with van der Waals surface area (Å²) in [5.41, 5.74) is 7.05. The van der Waals surface area contributed by atoms with E-state index in [9.17, 15) is 4.79 Å². The molecule has 0 aliphatic rings. The van der Waals surface area contributed by atoms with Gasteiger partial charge in [-0.15, -0.1) is 0 Å². The first-order chi connectivity index (χ1) is 10.8. The van der Waals surface area contributed by atoms with Crippen molar-refractivity contribution in [2.24, 2.45) is 7.05 Å². The van der Waals surface area contributed by atoms with Gasteiger partial charge in [-0.3, -0.25) is 0 Å². The molecule has 0 unspecified atom stereocenters. The molecule has 1 aromatic heterocycles. The van der Waals surface area contributed by atoms with Gasteiger partial charge < -0.3 is 25.1 Å². The number of anilines is 1. The summed E-state index contributed by atoms with van der Waals surface area (Å²) in [6.07, 6.45) is 0.273. The van der Waals surface area contributed by atoms with Crippen molar-refractivity contribution in [3.8, 4) is 5.75 Å². The van der Waals surface area contributed by atoms with Gasteiger partial charge in [0.25, 0.3) is 0 Å². The minimum atomic E-state index is -0.485. The second-order valence-corrected chi connectivity index (χ2v) is 6.31. The number of aryl methyl sites for hydroxylation is 1. The number of aromatic nitrogens is 2. The molecular weight excluding hydrogens is 296 g/mol. The molecule has 1 aromatic carbocycles. The molecule has 0 atom stereocenters. The third kappa shape index (κ3) is 4.77. The molecule has 23 heavy (non-hydrogen) atoms. The zero-order valence-corrected chi connectivity index (χ0v) is 14.0. The van der Waals surface area contributed by atoms with Gasteiger partial charge in [0, 0.05) is 19.7 Å². The molecule has 0 saturated carbocycles. The van der Waals surface area contributed by atoms with E-state index in [1.165, 1.54) is 0 Å². The molecule has 2 rings (SSSR count). The van der Waals surface area contributed by atoms with Crippen LogP contribution in [0.5, 0.6) is 5.75 Å². The molecule has 3 N–H and O–H groups in total. The minimum Gasteiger partial charge on any atom is -0.493 e. The first-order valence-corrected chi connectivity index (χ1v) is 7.58. The number of hydrogen-bond acceptors (Lipinski definition) is 5.